The van der Waals surface area contributed by atoms with Crippen molar-refractivity contribution in [3.8, 4) is 0 Å². The minimum Gasteiger partial charge on any atom is -0.194 e. The number of halogens is 13. The quantitative estimate of drug-likeness (QED) is 0.546. The van der Waals surface area contributed by atoms with Crippen molar-refractivity contribution in [3.63, 3.8) is 0 Å². The van der Waals surface area contributed by atoms with E-state index >= 15 is 0 Å². The van der Waals surface area contributed by atoms with Crippen molar-refractivity contribution >= 4 is 0 Å². The second kappa shape index (κ2) is 5.66. The van der Waals surface area contributed by atoms with Gasteiger partial charge in [-0.3, -0.25) is 0 Å². The summed E-state index contributed by atoms with van der Waals surface area (Å²) >= 11 is 0. The number of benzene rings is 1. The molecular weight excluding hydrogens is 391 g/mol. The van der Waals surface area contributed by atoms with Crippen LogP contribution in [0.2, 0.25) is 0 Å². The number of alkyl halides is 13. The van der Waals surface area contributed by atoms with Crippen molar-refractivity contribution in [2.45, 2.75) is 35.8 Å². The smallest absolute Gasteiger partial charge is 0.194 e. The fourth-order valence-corrected chi connectivity index (χ4v) is 1.60. The zero-order chi connectivity index (χ0) is 20.1. The van der Waals surface area contributed by atoms with E-state index in [9.17, 15) is 57.1 Å². The molecule has 13 heteroatoms. The number of hydrogen-bond donors (Lipinski definition) is 0. The Bertz CT molecular complexity index is 599. The van der Waals surface area contributed by atoms with Crippen molar-refractivity contribution in [2.75, 3.05) is 0 Å². The molecule has 0 aliphatic carbocycles. The SMILES string of the molecule is FC(F)(F)C(F)(F)C(F)(F)C(F)(F)C(F)(F)C(F)(F)c1ccccc1. The predicted octanol–water partition coefficient (Wildman–Crippen LogP) is 5.88. The van der Waals surface area contributed by atoms with Crippen molar-refractivity contribution in [1.82, 2.24) is 0 Å². The lowest BCUT2D eigenvalue weighted by Gasteiger charge is -2.39. The summed E-state index contributed by atoms with van der Waals surface area (Å²) in [6, 6.07) is 2.27. The maximum Gasteiger partial charge on any atom is 0.460 e. The molecule has 0 fully saturated rings. The van der Waals surface area contributed by atoms with Gasteiger partial charge < -0.3 is 0 Å². The van der Waals surface area contributed by atoms with Gasteiger partial charge in [0.15, 0.2) is 0 Å². The highest BCUT2D eigenvalue weighted by atomic mass is 19.4. The molecule has 0 nitrogen and oxygen atoms in total. The summed E-state index contributed by atoms with van der Waals surface area (Å²) in [6.07, 6.45) is -7.40. The standard InChI is InChI=1S/C12H5F13/c13-7(14,6-4-2-1-3-5-6)8(15,16)9(17,18)10(19,20)11(21,22)12(23,24)25/h1-5H. The fraction of sp³-hybridized carbons (Fsp3) is 0.500. The molecule has 144 valence electrons. The van der Waals surface area contributed by atoms with Gasteiger partial charge in [0.25, 0.3) is 0 Å². The van der Waals surface area contributed by atoms with Gasteiger partial charge in [-0.1, -0.05) is 30.3 Å². The van der Waals surface area contributed by atoms with Gasteiger partial charge in [0.2, 0.25) is 0 Å². The Morgan fingerprint density at radius 1 is 0.440 bits per heavy atom. The first-order chi connectivity index (χ1) is 10.9. The highest BCUT2D eigenvalue weighted by Gasteiger charge is 2.90. The minimum absolute atomic E-state index is 0.0734. The van der Waals surface area contributed by atoms with E-state index in [-0.39, 0.29) is 12.1 Å². The van der Waals surface area contributed by atoms with Crippen LogP contribution in [0.3, 0.4) is 0 Å². The Kier molecular flexibility index (Phi) is 4.83. The summed E-state index contributed by atoms with van der Waals surface area (Å²) in [5.41, 5.74) is -1.99. The molecule has 0 bridgehead atoms. The Morgan fingerprint density at radius 3 is 1.16 bits per heavy atom. The summed E-state index contributed by atoms with van der Waals surface area (Å²) < 4.78 is 167. The van der Waals surface area contributed by atoms with Gasteiger partial charge >= 0.3 is 35.8 Å². The maximum absolute atomic E-state index is 13.6. The van der Waals surface area contributed by atoms with Crippen LogP contribution >= 0.6 is 0 Å². The molecule has 0 atom stereocenters. The zero-order valence-electron chi connectivity index (χ0n) is 11.3. The van der Waals surface area contributed by atoms with E-state index in [1.807, 2.05) is 0 Å². The van der Waals surface area contributed by atoms with Gasteiger partial charge in [-0.15, -0.1) is 0 Å². The molecule has 0 saturated carbocycles. The molecule has 0 amide bonds. The number of rotatable bonds is 5. The molecule has 0 unspecified atom stereocenters. The van der Waals surface area contributed by atoms with Crippen molar-refractivity contribution in [3.05, 3.63) is 35.9 Å². The van der Waals surface area contributed by atoms with Gasteiger partial charge in [0.05, 0.1) is 0 Å². The fourth-order valence-electron chi connectivity index (χ4n) is 1.60. The Hall–Kier alpha value is -1.69. The van der Waals surface area contributed by atoms with E-state index in [0.29, 0.717) is 12.1 Å². The summed E-state index contributed by atoms with van der Waals surface area (Å²) in [5, 5.41) is 0. The zero-order valence-corrected chi connectivity index (χ0v) is 11.3. The molecule has 1 rings (SSSR count). The summed E-state index contributed by atoms with van der Waals surface area (Å²) in [4.78, 5) is 0. The minimum atomic E-state index is -7.88. The molecule has 0 saturated heterocycles. The van der Waals surface area contributed by atoms with Crippen LogP contribution in [-0.4, -0.2) is 29.9 Å². The van der Waals surface area contributed by atoms with E-state index in [1.165, 1.54) is 0 Å². The van der Waals surface area contributed by atoms with Gasteiger partial charge in [-0.2, -0.15) is 57.1 Å². The third-order valence-corrected chi connectivity index (χ3v) is 3.07. The van der Waals surface area contributed by atoms with Crippen LogP contribution in [0.1, 0.15) is 5.56 Å². The molecule has 0 radical (unpaired) electrons. The Morgan fingerprint density at radius 2 is 0.800 bits per heavy atom. The van der Waals surface area contributed by atoms with Crippen LogP contribution in [0.25, 0.3) is 0 Å². The van der Waals surface area contributed by atoms with Crippen molar-refractivity contribution < 1.29 is 57.1 Å². The second-order valence-electron chi connectivity index (χ2n) is 4.74. The molecule has 0 spiro atoms. The first-order valence-electron chi connectivity index (χ1n) is 5.87. The monoisotopic (exact) mass is 396 g/mol. The van der Waals surface area contributed by atoms with E-state index in [2.05, 4.69) is 0 Å². The Labute approximate surface area is 130 Å². The molecular formula is C12H5F13. The first-order valence-corrected chi connectivity index (χ1v) is 5.87. The largest absolute Gasteiger partial charge is 0.460 e. The van der Waals surface area contributed by atoms with Gasteiger partial charge in [0, 0.05) is 5.56 Å². The lowest BCUT2D eigenvalue weighted by molar-refractivity contribution is -0.441. The predicted molar refractivity (Wildman–Crippen MR) is 56.2 cm³/mol. The van der Waals surface area contributed by atoms with Crippen LogP contribution in [0.5, 0.6) is 0 Å². The van der Waals surface area contributed by atoms with Crippen LogP contribution in [0.15, 0.2) is 30.3 Å². The average molecular weight is 396 g/mol. The summed E-state index contributed by atoms with van der Waals surface area (Å²) in [6.45, 7) is 0. The molecule has 0 aliphatic heterocycles. The van der Waals surface area contributed by atoms with Crippen molar-refractivity contribution in [1.29, 1.82) is 0 Å². The average Bonchev–Trinajstić information content (AvgIpc) is 2.46. The van der Waals surface area contributed by atoms with E-state index in [0.717, 1.165) is 6.07 Å². The van der Waals surface area contributed by atoms with Gasteiger partial charge in [-0.05, 0) is 0 Å². The van der Waals surface area contributed by atoms with Crippen LogP contribution in [-0.2, 0) is 5.92 Å². The normalized spacial score (nSPS) is 15.4. The topological polar surface area (TPSA) is 0 Å². The highest BCUT2D eigenvalue weighted by molar-refractivity contribution is 5.25. The van der Waals surface area contributed by atoms with Gasteiger partial charge in [-0.25, -0.2) is 0 Å². The van der Waals surface area contributed by atoms with Crippen LogP contribution in [0.4, 0.5) is 57.1 Å². The molecule has 0 N–H and O–H groups in total. The highest BCUT2D eigenvalue weighted by Crippen LogP contribution is 2.61. The summed E-state index contributed by atoms with van der Waals surface area (Å²) in [7, 11) is 0. The Balaban J connectivity index is 3.54. The summed E-state index contributed by atoms with van der Waals surface area (Å²) in [5.74, 6) is -36.8. The lowest BCUT2D eigenvalue weighted by atomic mass is 9.90. The van der Waals surface area contributed by atoms with Crippen molar-refractivity contribution in [2.24, 2.45) is 0 Å². The molecule has 0 aromatic heterocycles. The maximum atomic E-state index is 13.6. The number of hydrogen-bond acceptors (Lipinski definition) is 0. The van der Waals surface area contributed by atoms with Gasteiger partial charge in [0.1, 0.15) is 0 Å². The molecule has 1 aromatic carbocycles. The first kappa shape index (κ1) is 21.4. The molecule has 1 aromatic rings. The third kappa shape index (κ3) is 2.80. The van der Waals surface area contributed by atoms with Crippen LogP contribution < -0.4 is 0 Å². The van der Waals surface area contributed by atoms with Crippen LogP contribution in [0, 0.1) is 0 Å². The van der Waals surface area contributed by atoms with E-state index in [1.54, 1.807) is 0 Å². The van der Waals surface area contributed by atoms with E-state index < -0.39 is 41.4 Å². The third-order valence-electron chi connectivity index (χ3n) is 3.07. The van der Waals surface area contributed by atoms with E-state index in [4.69, 9.17) is 0 Å². The lowest BCUT2D eigenvalue weighted by Crippen LogP contribution is -2.69. The second-order valence-corrected chi connectivity index (χ2v) is 4.74. The molecule has 0 heterocycles. The molecule has 25 heavy (non-hydrogen) atoms. The molecule has 0 aliphatic rings.